The highest BCUT2D eigenvalue weighted by Crippen LogP contribution is 2.38. The molecule has 3 aromatic carbocycles. The molecule has 1 amide bonds. The van der Waals surface area contributed by atoms with Gasteiger partial charge in [-0.3, -0.25) is 4.79 Å². The second-order valence-electron chi connectivity index (χ2n) is 9.78. The van der Waals surface area contributed by atoms with Crippen LogP contribution >= 0.6 is 0 Å². The van der Waals surface area contributed by atoms with Crippen LogP contribution in [0.15, 0.2) is 66.7 Å². The van der Waals surface area contributed by atoms with Crippen molar-refractivity contribution in [3.8, 4) is 28.5 Å². The predicted molar refractivity (Wildman–Crippen MR) is 151 cm³/mol. The molecule has 0 saturated carbocycles. The Morgan fingerprint density at radius 1 is 0.975 bits per heavy atom. The van der Waals surface area contributed by atoms with Crippen LogP contribution in [0.25, 0.3) is 22.2 Å². The number of ether oxygens (including phenoxy) is 4. The molecule has 1 aromatic heterocycles. The van der Waals surface area contributed by atoms with Gasteiger partial charge in [-0.15, -0.1) is 0 Å². The molecule has 7 nitrogen and oxygen atoms in total. The number of carbonyl (C=O) groups is 1. The van der Waals surface area contributed by atoms with Gasteiger partial charge in [0.1, 0.15) is 28.6 Å². The van der Waals surface area contributed by atoms with Crippen molar-refractivity contribution in [3.63, 3.8) is 0 Å². The van der Waals surface area contributed by atoms with Crippen molar-refractivity contribution in [2.24, 2.45) is 0 Å². The zero-order valence-corrected chi connectivity index (χ0v) is 23.0. The van der Waals surface area contributed by atoms with Crippen LogP contribution in [0.3, 0.4) is 0 Å². The number of pyridine rings is 1. The highest BCUT2D eigenvalue weighted by atomic mass is 19.1. The van der Waals surface area contributed by atoms with E-state index in [-0.39, 0.29) is 30.8 Å². The zero-order valence-electron chi connectivity index (χ0n) is 23.0. The number of aromatic nitrogens is 1. The molecule has 1 saturated heterocycles. The maximum atomic E-state index is 13.7. The number of carbonyl (C=O) groups excluding carboxylic acids is 1. The van der Waals surface area contributed by atoms with Crippen LogP contribution in [0.5, 0.6) is 17.2 Å². The number of hydrogen-bond donors (Lipinski definition) is 0. The number of nitrogens with zero attached hydrogens (tertiary/aromatic N) is 2. The average Bonchev–Trinajstić information content (AvgIpc) is 3.50. The second kappa shape index (κ2) is 12.3. The van der Waals surface area contributed by atoms with Crippen molar-refractivity contribution in [1.82, 2.24) is 9.88 Å². The molecule has 0 N–H and O–H groups in total. The number of rotatable bonds is 10. The molecule has 8 heteroatoms. The molecule has 208 valence electrons. The molecule has 0 unspecified atom stereocenters. The summed E-state index contributed by atoms with van der Waals surface area (Å²) in [5.41, 5.74) is 3.71. The number of hydrogen-bond acceptors (Lipinski definition) is 6. The van der Waals surface area contributed by atoms with Crippen LogP contribution in [-0.4, -0.2) is 56.4 Å². The van der Waals surface area contributed by atoms with Crippen LogP contribution in [0.2, 0.25) is 0 Å². The maximum Gasteiger partial charge on any atom is 0.227 e. The highest BCUT2D eigenvalue weighted by Gasteiger charge is 2.26. The summed E-state index contributed by atoms with van der Waals surface area (Å²) in [7, 11) is 4.85. The summed E-state index contributed by atoms with van der Waals surface area (Å²) in [5, 5.41) is 0.776. The first-order valence-corrected chi connectivity index (χ1v) is 13.3. The lowest BCUT2D eigenvalue weighted by atomic mass is 10.0. The van der Waals surface area contributed by atoms with Gasteiger partial charge in [-0.05, 0) is 66.4 Å². The van der Waals surface area contributed by atoms with Gasteiger partial charge in [-0.25, -0.2) is 9.37 Å². The normalized spacial score (nSPS) is 14.8. The molecule has 1 aliphatic heterocycles. The van der Waals surface area contributed by atoms with Gasteiger partial charge in [0.15, 0.2) is 0 Å². The highest BCUT2D eigenvalue weighted by molar-refractivity contribution is 5.93. The first kappa shape index (κ1) is 27.4. The smallest absolute Gasteiger partial charge is 0.227 e. The fourth-order valence-electron chi connectivity index (χ4n) is 5.17. The topological polar surface area (TPSA) is 70.1 Å². The molecule has 1 aliphatic rings. The molecular formula is C32H33FN2O5. The summed E-state index contributed by atoms with van der Waals surface area (Å²) in [4.78, 5) is 20.6. The lowest BCUT2D eigenvalue weighted by Gasteiger charge is -2.27. The number of para-hydroxylation sites is 1. The Labute approximate surface area is 233 Å². The molecule has 2 heterocycles. The first-order chi connectivity index (χ1) is 19.5. The summed E-state index contributed by atoms with van der Waals surface area (Å²) in [6.45, 7) is 1.42. The van der Waals surface area contributed by atoms with Crippen LogP contribution in [0.1, 0.15) is 24.0 Å². The Bertz CT molecular complexity index is 1490. The number of halogens is 1. The maximum absolute atomic E-state index is 13.7. The summed E-state index contributed by atoms with van der Waals surface area (Å²) >= 11 is 0. The molecule has 40 heavy (non-hydrogen) atoms. The van der Waals surface area contributed by atoms with E-state index in [0.29, 0.717) is 41.6 Å². The fourth-order valence-corrected chi connectivity index (χ4v) is 5.17. The van der Waals surface area contributed by atoms with Gasteiger partial charge >= 0.3 is 0 Å². The van der Waals surface area contributed by atoms with Gasteiger partial charge in [0, 0.05) is 30.6 Å². The minimum atomic E-state index is -0.333. The predicted octanol–water partition coefficient (Wildman–Crippen LogP) is 5.82. The largest absolute Gasteiger partial charge is 0.496 e. The van der Waals surface area contributed by atoms with Crippen molar-refractivity contribution >= 4 is 16.8 Å². The zero-order chi connectivity index (χ0) is 28.1. The van der Waals surface area contributed by atoms with Crippen LogP contribution in [-0.2, 0) is 22.5 Å². The first-order valence-electron chi connectivity index (χ1n) is 13.3. The van der Waals surface area contributed by atoms with E-state index >= 15 is 0 Å². The average molecular weight is 545 g/mol. The van der Waals surface area contributed by atoms with Gasteiger partial charge in [0.25, 0.3) is 0 Å². The van der Waals surface area contributed by atoms with Crippen molar-refractivity contribution in [2.45, 2.75) is 31.9 Å². The molecular weight excluding hydrogens is 511 g/mol. The van der Waals surface area contributed by atoms with Gasteiger partial charge in [0.05, 0.1) is 39.5 Å². The molecule has 0 radical (unpaired) electrons. The van der Waals surface area contributed by atoms with Gasteiger partial charge in [-0.1, -0.05) is 24.3 Å². The lowest BCUT2D eigenvalue weighted by Crippen LogP contribution is -2.38. The Kier molecular flexibility index (Phi) is 8.45. The summed E-state index contributed by atoms with van der Waals surface area (Å²) in [6, 6.07) is 19.4. The molecule has 1 atom stereocenters. The van der Waals surface area contributed by atoms with Crippen molar-refractivity contribution < 1.29 is 28.1 Å². The minimum Gasteiger partial charge on any atom is -0.496 e. The van der Waals surface area contributed by atoms with E-state index in [1.807, 2.05) is 47.4 Å². The number of benzene rings is 3. The van der Waals surface area contributed by atoms with Crippen LogP contribution in [0.4, 0.5) is 4.39 Å². The van der Waals surface area contributed by atoms with E-state index in [9.17, 15) is 9.18 Å². The van der Waals surface area contributed by atoms with Crippen molar-refractivity contribution in [3.05, 3.63) is 83.7 Å². The van der Waals surface area contributed by atoms with E-state index in [1.54, 1.807) is 33.5 Å². The Morgan fingerprint density at radius 3 is 2.40 bits per heavy atom. The molecule has 0 bridgehead atoms. The third-order valence-electron chi connectivity index (χ3n) is 7.22. The van der Waals surface area contributed by atoms with E-state index in [1.165, 1.54) is 12.1 Å². The van der Waals surface area contributed by atoms with Gasteiger partial charge in [-0.2, -0.15) is 0 Å². The van der Waals surface area contributed by atoms with Gasteiger partial charge in [0.2, 0.25) is 5.91 Å². The third kappa shape index (κ3) is 5.87. The summed E-state index contributed by atoms with van der Waals surface area (Å²) < 4.78 is 36.4. The minimum absolute atomic E-state index is 0.0464. The van der Waals surface area contributed by atoms with Gasteiger partial charge < -0.3 is 23.8 Å². The number of amides is 1. The van der Waals surface area contributed by atoms with E-state index in [4.69, 9.17) is 23.9 Å². The number of fused-ring (bicyclic) bond motifs is 1. The van der Waals surface area contributed by atoms with Crippen molar-refractivity contribution in [1.29, 1.82) is 0 Å². The van der Waals surface area contributed by atoms with Crippen molar-refractivity contribution in [2.75, 3.05) is 34.5 Å². The summed E-state index contributed by atoms with van der Waals surface area (Å²) in [6.07, 6.45) is 1.96. The van der Waals surface area contributed by atoms with Crippen LogP contribution < -0.4 is 14.2 Å². The Morgan fingerprint density at radius 2 is 1.70 bits per heavy atom. The molecule has 0 spiro atoms. The van der Waals surface area contributed by atoms with Crippen LogP contribution in [0, 0.1) is 5.82 Å². The SMILES string of the molecule is COc1ccccc1-c1nc2c(OC)ccc(OC)c2cc1CN(C[C@H]1CCCO1)C(=O)Cc1ccc(F)cc1. The molecule has 5 rings (SSSR count). The lowest BCUT2D eigenvalue weighted by molar-refractivity contribution is -0.132. The van der Waals surface area contributed by atoms with E-state index in [2.05, 4.69) is 0 Å². The van der Waals surface area contributed by atoms with E-state index < -0.39 is 0 Å². The third-order valence-corrected chi connectivity index (χ3v) is 7.22. The van der Waals surface area contributed by atoms with E-state index in [0.717, 1.165) is 34.9 Å². The summed E-state index contributed by atoms with van der Waals surface area (Å²) in [5.74, 6) is 1.52. The second-order valence-corrected chi connectivity index (χ2v) is 9.78. The molecule has 0 aliphatic carbocycles. The Balaban J connectivity index is 1.62. The fraction of sp³-hybridized carbons (Fsp3) is 0.312. The molecule has 1 fully saturated rings. The monoisotopic (exact) mass is 544 g/mol. The quantitative estimate of drug-likeness (QED) is 0.251. The number of methoxy groups -OCH3 is 3. The molecule has 4 aromatic rings. The Hall–Kier alpha value is -4.17. The standard InChI is InChI=1S/C32H33FN2O5/c1-37-27-9-5-4-8-25(27)31-22(18-26-28(38-2)14-15-29(39-3)32(26)34-31)19-35(20-24-7-6-16-40-24)30(36)17-21-10-12-23(33)13-11-21/h4-5,8-15,18,24H,6-7,16-17,19-20H2,1-3H3/t24-/m1/s1.